The van der Waals surface area contributed by atoms with Gasteiger partial charge in [0, 0.05) is 23.6 Å². The Kier molecular flexibility index (Phi) is 5.69. The van der Waals surface area contributed by atoms with Crippen molar-refractivity contribution in [3.05, 3.63) is 62.8 Å². The molecule has 10 heteroatoms. The van der Waals surface area contributed by atoms with Crippen LogP contribution in [0.3, 0.4) is 0 Å². The molecule has 1 aliphatic heterocycles. The van der Waals surface area contributed by atoms with Crippen LogP contribution in [0.1, 0.15) is 53.3 Å². The molecule has 0 radical (unpaired) electrons. The molecule has 1 N–H and O–H groups in total. The molecule has 3 fully saturated rings. The molecule has 3 aliphatic rings. The van der Waals surface area contributed by atoms with Crippen LogP contribution in [-0.4, -0.2) is 39.9 Å². The van der Waals surface area contributed by atoms with Crippen LogP contribution >= 0.6 is 34.5 Å². The van der Waals surface area contributed by atoms with Crippen molar-refractivity contribution in [2.75, 3.05) is 11.4 Å². The molecule has 2 bridgehead atoms. The molecule has 4 aromatic rings. The average Bonchev–Trinajstić information content (AvgIpc) is 3.22. The monoisotopic (exact) mass is 555 g/mol. The fourth-order valence-corrected chi connectivity index (χ4v) is 7.24. The summed E-state index contributed by atoms with van der Waals surface area (Å²) in [5, 5.41) is 15.4. The van der Waals surface area contributed by atoms with Crippen LogP contribution in [0.15, 0.2) is 40.4 Å². The summed E-state index contributed by atoms with van der Waals surface area (Å²) < 4.78 is 13.3. The van der Waals surface area contributed by atoms with Gasteiger partial charge in [0.25, 0.3) is 0 Å². The third kappa shape index (κ3) is 4.02. The molecule has 2 saturated carbocycles. The van der Waals surface area contributed by atoms with Crippen LogP contribution in [0.2, 0.25) is 10.0 Å². The number of rotatable bonds is 7. The molecule has 7 rings (SSSR count). The molecule has 2 aromatic heterocycles. The first-order valence-electron chi connectivity index (χ1n) is 12.4. The molecule has 0 amide bonds. The van der Waals surface area contributed by atoms with E-state index in [9.17, 15) is 9.90 Å². The molecule has 2 aromatic carbocycles. The molecular weight excluding hydrogens is 533 g/mol. The Morgan fingerprint density at radius 1 is 1.22 bits per heavy atom. The largest absolute Gasteiger partial charge is 0.478 e. The van der Waals surface area contributed by atoms with Crippen molar-refractivity contribution in [1.29, 1.82) is 0 Å². The van der Waals surface area contributed by atoms with E-state index in [0.717, 1.165) is 59.5 Å². The quantitative estimate of drug-likeness (QED) is 0.262. The number of halogens is 2. The second-order valence-electron chi connectivity index (χ2n) is 10.1. The zero-order valence-corrected chi connectivity index (χ0v) is 22.0. The number of piperidine rings is 1. The highest BCUT2D eigenvalue weighted by molar-refractivity contribution is 7.16. The van der Waals surface area contributed by atoms with Crippen molar-refractivity contribution in [3.8, 4) is 11.3 Å². The third-order valence-electron chi connectivity index (χ3n) is 7.82. The molecule has 37 heavy (non-hydrogen) atoms. The predicted octanol–water partition coefficient (Wildman–Crippen LogP) is 7.02. The SMILES string of the molecule is O=C(O)c1cc2scnc2cc1N1CC2CC(OCc3c(-c4c(Cl)cccc4Cl)noc3C3CC3)C1C2. The van der Waals surface area contributed by atoms with E-state index in [-0.39, 0.29) is 12.1 Å². The van der Waals surface area contributed by atoms with Crippen LogP contribution < -0.4 is 4.90 Å². The Balaban J connectivity index is 1.18. The summed E-state index contributed by atoms with van der Waals surface area (Å²) in [5.41, 5.74) is 5.82. The van der Waals surface area contributed by atoms with Gasteiger partial charge in [0.1, 0.15) is 11.5 Å². The summed E-state index contributed by atoms with van der Waals surface area (Å²) in [6, 6.07) is 9.15. The van der Waals surface area contributed by atoms with E-state index in [1.165, 1.54) is 11.3 Å². The second kappa shape index (κ2) is 8.98. The van der Waals surface area contributed by atoms with Gasteiger partial charge in [-0.1, -0.05) is 34.4 Å². The standard InChI is InChI=1S/C27H23Cl2N3O4S/c28-17-2-1-3-18(29)24(17)25-16(26(36-31-25)14-4-5-14)11-35-22-7-13-6-21(22)32(10-13)20-9-19-23(37-12-30-19)8-15(20)27(33)34/h1-3,8-9,12-14,21-22H,4-7,10-11H2,(H,33,34). The zero-order valence-electron chi connectivity index (χ0n) is 19.7. The van der Waals surface area contributed by atoms with Crippen LogP contribution in [0.5, 0.6) is 0 Å². The Labute approximate surface area is 226 Å². The molecule has 0 spiro atoms. The van der Waals surface area contributed by atoms with Crippen molar-refractivity contribution >= 4 is 56.4 Å². The van der Waals surface area contributed by atoms with Crippen molar-refractivity contribution in [1.82, 2.24) is 10.1 Å². The molecular formula is C27H23Cl2N3O4S. The van der Waals surface area contributed by atoms with E-state index in [0.29, 0.717) is 45.3 Å². The Morgan fingerprint density at radius 2 is 2.03 bits per heavy atom. The summed E-state index contributed by atoms with van der Waals surface area (Å²) in [5.74, 6) is 0.727. The van der Waals surface area contributed by atoms with Gasteiger partial charge >= 0.3 is 5.97 Å². The van der Waals surface area contributed by atoms with Gasteiger partial charge in [-0.15, -0.1) is 11.3 Å². The lowest BCUT2D eigenvalue weighted by Crippen LogP contribution is -2.43. The first-order chi connectivity index (χ1) is 18.0. The maximum absolute atomic E-state index is 12.1. The molecule has 7 nitrogen and oxygen atoms in total. The molecule has 3 heterocycles. The lowest BCUT2D eigenvalue weighted by molar-refractivity contribution is 0.0255. The summed E-state index contributed by atoms with van der Waals surface area (Å²) in [6.45, 7) is 1.16. The van der Waals surface area contributed by atoms with E-state index >= 15 is 0 Å². The van der Waals surface area contributed by atoms with Crippen LogP contribution in [0, 0.1) is 5.92 Å². The number of carbonyl (C=O) groups is 1. The molecule has 2 aliphatic carbocycles. The average molecular weight is 556 g/mol. The predicted molar refractivity (Wildman–Crippen MR) is 143 cm³/mol. The minimum atomic E-state index is -0.926. The number of carboxylic acids is 1. The topological polar surface area (TPSA) is 88.7 Å². The maximum Gasteiger partial charge on any atom is 0.337 e. The molecule has 3 atom stereocenters. The maximum atomic E-state index is 12.1. The smallest absolute Gasteiger partial charge is 0.337 e. The number of hydrogen-bond donors (Lipinski definition) is 1. The number of ether oxygens (including phenoxy) is 1. The molecule has 190 valence electrons. The highest BCUT2D eigenvalue weighted by atomic mass is 35.5. The van der Waals surface area contributed by atoms with Crippen LogP contribution in [-0.2, 0) is 11.3 Å². The van der Waals surface area contributed by atoms with Crippen molar-refractivity contribution in [2.45, 2.75) is 50.4 Å². The summed E-state index contributed by atoms with van der Waals surface area (Å²) in [4.78, 5) is 18.8. The van der Waals surface area contributed by atoms with Crippen molar-refractivity contribution in [2.24, 2.45) is 5.92 Å². The third-order valence-corrected chi connectivity index (χ3v) is 9.24. The number of nitrogens with zero attached hydrogens (tertiary/aromatic N) is 3. The summed E-state index contributed by atoms with van der Waals surface area (Å²) >= 11 is 14.5. The van der Waals surface area contributed by atoms with Gasteiger partial charge in [-0.25, -0.2) is 9.78 Å². The van der Waals surface area contributed by atoms with Gasteiger partial charge < -0.3 is 19.3 Å². The first kappa shape index (κ1) is 23.5. The highest BCUT2D eigenvalue weighted by Gasteiger charge is 2.47. The van der Waals surface area contributed by atoms with E-state index < -0.39 is 5.97 Å². The number of fused-ring (bicyclic) bond motifs is 3. The van der Waals surface area contributed by atoms with Gasteiger partial charge in [0.05, 0.1) is 55.8 Å². The number of thiazole rings is 1. The number of benzene rings is 2. The second-order valence-corrected chi connectivity index (χ2v) is 11.8. The minimum absolute atomic E-state index is 0.0388. The lowest BCUT2D eigenvalue weighted by atomic mass is 10.0. The Morgan fingerprint density at radius 3 is 2.76 bits per heavy atom. The van der Waals surface area contributed by atoms with Gasteiger partial charge in [-0.2, -0.15) is 0 Å². The Hall–Kier alpha value is -2.65. The number of carboxylic acid groups (broad SMARTS) is 1. The summed E-state index contributed by atoms with van der Waals surface area (Å²) in [7, 11) is 0. The van der Waals surface area contributed by atoms with E-state index in [4.69, 9.17) is 32.5 Å². The van der Waals surface area contributed by atoms with Gasteiger partial charge in [0.15, 0.2) is 0 Å². The van der Waals surface area contributed by atoms with E-state index in [1.54, 1.807) is 23.7 Å². The van der Waals surface area contributed by atoms with Crippen molar-refractivity contribution in [3.63, 3.8) is 0 Å². The van der Waals surface area contributed by atoms with Gasteiger partial charge in [0.2, 0.25) is 0 Å². The number of aromatic carboxylic acids is 1. The van der Waals surface area contributed by atoms with Crippen molar-refractivity contribution < 1.29 is 19.2 Å². The van der Waals surface area contributed by atoms with E-state index in [2.05, 4.69) is 15.0 Å². The van der Waals surface area contributed by atoms with Crippen LogP contribution in [0.25, 0.3) is 21.5 Å². The minimum Gasteiger partial charge on any atom is -0.478 e. The molecule has 1 saturated heterocycles. The Bertz CT molecular complexity index is 1510. The van der Waals surface area contributed by atoms with E-state index in [1.807, 2.05) is 12.1 Å². The number of hydrogen-bond acceptors (Lipinski definition) is 7. The fourth-order valence-electron chi connectivity index (χ4n) is 5.96. The van der Waals surface area contributed by atoms with Crippen LogP contribution in [0.4, 0.5) is 5.69 Å². The number of anilines is 1. The molecule has 3 unspecified atom stereocenters. The number of aromatic nitrogens is 2. The normalized spacial score (nSPS) is 22.9. The lowest BCUT2D eigenvalue weighted by Gasteiger charge is -2.35. The van der Waals surface area contributed by atoms with Gasteiger partial charge in [-0.3, -0.25) is 0 Å². The zero-order chi connectivity index (χ0) is 25.3. The fraction of sp³-hybridized carbons (Fsp3) is 0.370. The first-order valence-corrected chi connectivity index (χ1v) is 14.0. The highest BCUT2D eigenvalue weighted by Crippen LogP contribution is 2.48. The summed E-state index contributed by atoms with van der Waals surface area (Å²) in [6.07, 6.45) is 4.01. The van der Waals surface area contributed by atoms with Gasteiger partial charge in [-0.05, 0) is 55.9 Å².